The smallest absolute Gasteiger partial charge is 0.328 e. The third-order valence-electron chi connectivity index (χ3n) is 3.59. The number of carbonyl (C=O) groups is 2. The van der Waals surface area contributed by atoms with E-state index in [9.17, 15) is 9.59 Å². The van der Waals surface area contributed by atoms with Gasteiger partial charge in [-0.05, 0) is 38.5 Å². The molecule has 1 aromatic carbocycles. The third kappa shape index (κ3) is 3.17. The van der Waals surface area contributed by atoms with Gasteiger partial charge in [0.05, 0.1) is 18.8 Å². The van der Waals surface area contributed by atoms with Crippen molar-refractivity contribution in [1.29, 1.82) is 0 Å². The van der Waals surface area contributed by atoms with E-state index in [1.54, 1.807) is 25.1 Å². The van der Waals surface area contributed by atoms with Gasteiger partial charge in [0.1, 0.15) is 18.4 Å². The van der Waals surface area contributed by atoms with Crippen LogP contribution in [0.4, 0.5) is 5.69 Å². The predicted octanol–water partition coefficient (Wildman–Crippen LogP) is 2.43. The van der Waals surface area contributed by atoms with Crippen molar-refractivity contribution in [3.05, 3.63) is 23.8 Å². The summed E-state index contributed by atoms with van der Waals surface area (Å²) in [6.07, 6.45) is 0.641. The molecule has 0 saturated carbocycles. The number of nitrogens with zero attached hydrogens (tertiary/aromatic N) is 1. The van der Waals surface area contributed by atoms with Crippen LogP contribution in [0.1, 0.15) is 37.6 Å². The lowest BCUT2D eigenvalue weighted by Crippen LogP contribution is -2.46. The molecular weight excluding hydrogens is 270 g/mol. The summed E-state index contributed by atoms with van der Waals surface area (Å²) in [5.74, 6) is 0.461. The topological polar surface area (TPSA) is 55.8 Å². The van der Waals surface area contributed by atoms with Gasteiger partial charge in [0, 0.05) is 5.56 Å². The quantitative estimate of drug-likeness (QED) is 0.616. The summed E-state index contributed by atoms with van der Waals surface area (Å²) in [7, 11) is 0. The Bertz CT molecular complexity index is 541. The van der Waals surface area contributed by atoms with E-state index >= 15 is 0 Å². The van der Waals surface area contributed by atoms with Crippen molar-refractivity contribution in [1.82, 2.24) is 0 Å². The Kier molecular flexibility index (Phi) is 4.83. The van der Waals surface area contributed by atoms with Gasteiger partial charge in [0.15, 0.2) is 5.78 Å². The number of anilines is 1. The molecule has 0 aliphatic carbocycles. The minimum Gasteiger partial charge on any atom is -0.490 e. The van der Waals surface area contributed by atoms with Crippen molar-refractivity contribution in [3.8, 4) is 5.75 Å². The minimum atomic E-state index is -0.352. The van der Waals surface area contributed by atoms with E-state index in [4.69, 9.17) is 9.47 Å². The van der Waals surface area contributed by atoms with Gasteiger partial charge >= 0.3 is 5.97 Å². The molecule has 1 aromatic rings. The van der Waals surface area contributed by atoms with Gasteiger partial charge in [-0.3, -0.25) is 4.79 Å². The molecule has 1 heterocycles. The highest BCUT2D eigenvalue weighted by atomic mass is 16.5. The molecule has 1 aliphatic rings. The number of Topliss-reactive ketones (excluding diaryl/α,β-unsaturated/α-hetero) is 1. The van der Waals surface area contributed by atoms with Crippen LogP contribution in [0.25, 0.3) is 0 Å². The second kappa shape index (κ2) is 6.61. The number of ether oxygens (including phenoxy) is 2. The molecule has 2 rings (SSSR count). The monoisotopic (exact) mass is 291 g/mol. The maximum absolute atomic E-state index is 12.1. The van der Waals surface area contributed by atoms with Gasteiger partial charge in [0.2, 0.25) is 0 Å². The zero-order valence-corrected chi connectivity index (χ0v) is 12.7. The first kappa shape index (κ1) is 15.4. The number of hydrogen-bond donors (Lipinski definition) is 0. The fourth-order valence-electron chi connectivity index (χ4n) is 2.53. The Labute approximate surface area is 124 Å². The van der Waals surface area contributed by atoms with E-state index in [1.165, 1.54) is 6.92 Å². The number of hydrogen-bond acceptors (Lipinski definition) is 5. The van der Waals surface area contributed by atoms with Gasteiger partial charge in [-0.15, -0.1) is 0 Å². The zero-order chi connectivity index (χ0) is 15.4. The lowest BCUT2D eigenvalue weighted by Gasteiger charge is -2.36. The van der Waals surface area contributed by atoms with Crippen molar-refractivity contribution >= 4 is 17.4 Å². The van der Waals surface area contributed by atoms with Crippen LogP contribution in [0.15, 0.2) is 18.2 Å². The molecular formula is C16H21NO4. The largest absolute Gasteiger partial charge is 0.490 e. The van der Waals surface area contributed by atoms with Crippen LogP contribution in [0.3, 0.4) is 0 Å². The predicted molar refractivity (Wildman–Crippen MR) is 80.0 cm³/mol. The molecule has 0 saturated heterocycles. The van der Waals surface area contributed by atoms with E-state index in [2.05, 4.69) is 0 Å². The number of carbonyl (C=O) groups excluding carboxylic acids is 2. The number of esters is 1. The van der Waals surface area contributed by atoms with Crippen molar-refractivity contribution in [2.75, 3.05) is 24.7 Å². The van der Waals surface area contributed by atoms with Gasteiger partial charge in [-0.25, -0.2) is 4.79 Å². The number of fused-ring (bicyclic) bond motifs is 1. The summed E-state index contributed by atoms with van der Waals surface area (Å²) in [5, 5.41) is 0. The maximum Gasteiger partial charge on any atom is 0.328 e. The van der Waals surface area contributed by atoms with Crippen LogP contribution in [0.2, 0.25) is 0 Å². The highest BCUT2D eigenvalue weighted by Crippen LogP contribution is 2.34. The average Bonchev–Trinajstić information content (AvgIpc) is 2.48. The summed E-state index contributed by atoms with van der Waals surface area (Å²) in [6, 6.07) is 4.97. The van der Waals surface area contributed by atoms with Crippen LogP contribution in [-0.2, 0) is 9.53 Å². The van der Waals surface area contributed by atoms with E-state index in [0.717, 1.165) is 5.69 Å². The van der Waals surface area contributed by atoms with E-state index < -0.39 is 0 Å². The Balaban J connectivity index is 2.37. The molecule has 0 bridgehead atoms. The van der Waals surface area contributed by atoms with Crippen LogP contribution in [0.5, 0.6) is 5.75 Å². The molecule has 0 spiro atoms. The molecule has 1 aliphatic heterocycles. The summed E-state index contributed by atoms with van der Waals surface area (Å²) in [5.41, 5.74) is 1.40. The van der Waals surface area contributed by atoms with Crippen molar-refractivity contribution in [2.45, 2.75) is 33.2 Å². The molecule has 0 N–H and O–H groups in total. The zero-order valence-electron chi connectivity index (χ0n) is 12.7. The Hall–Kier alpha value is -2.04. The number of rotatable bonds is 5. The second-order valence-electron chi connectivity index (χ2n) is 4.96. The maximum atomic E-state index is 12.1. The Morgan fingerprint density at radius 3 is 2.76 bits per heavy atom. The standard InChI is InChI=1S/C16H21NO4/c1-4-13(16(19)20-5-2)17-8-9-21-15-7-6-12(11(3)18)10-14(15)17/h6-7,10,13H,4-5,8-9H2,1-3H3. The second-order valence-corrected chi connectivity index (χ2v) is 4.96. The van der Waals surface area contributed by atoms with Crippen molar-refractivity contribution in [3.63, 3.8) is 0 Å². The molecule has 1 atom stereocenters. The fourth-order valence-corrected chi connectivity index (χ4v) is 2.53. The molecule has 0 fully saturated rings. The molecule has 21 heavy (non-hydrogen) atoms. The van der Waals surface area contributed by atoms with Crippen LogP contribution in [-0.4, -0.2) is 37.6 Å². The fraction of sp³-hybridized carbons (Fsp3) is 0.500. The third-order valence-corrected chi connectivity index (χ3v) is 3.59. The normalized spacial score (nSPS) is 14.9. The van der Waals surface area contributed by atoms with Gasteiger partial charge in [-0.2, -0.15) is 0 Å². The van der Waals surface area contributed by atoms with Gasteiger partial charge in [-0.1, -0.05) is 6.92 Å². The Morgan fingerprint density at radius 1 is 1.38 bits per heavy atom. The molecule has 0 aromatic heterocycles. The first-order valence-corrected chi connectivity index (χ1v) is 7.29. The van der Waals surface area contributed by atoms with Crippen molar-refractivity contribution in [2.24, 2.45) is 0 Å². The molecule has 5 heteroatoms. The highest BCUT2D eigenvalue weighted by molar-refractivity contribution is 5.96. The Morgan fingerprint density at radius 2 is 2.14 bits per heavy atom. The minimum absolute atomic E-state index is 0.00694. The van der Waals surface area contributed by atoms with Crippen LogP contribution in [0, 0.1) is 0 Å². The molecule has 5 nitrogen and oxygen atoms in total. The molecule has 1 unspecified atom stereocenters. The molecule has 0 radical (unpaired) electrons. The lowest BCUT2D eigenvalue weighted by atomic mass is 10.1. The van der Waals surface area contributed by atoms with Crippen LogP contribution < -0.4 is 9.64 Å². The molecule has 0 amide bonds. The summed E-state index contributed by atoms with van der Waals surface area (Å²) < 4.78 is 10.8. The first-order valence-electron chi connectivity index (χ1n) is 7.29. The van der Waals surface area contributed by atoms with E-state index in [-0.39, 0.29) is 17.8 Å². The highest BCUT2D eigenvalue weighted by Gasteiger charge is 2.30. The summed E-state index contributed by atoms with van der Waals surface area (Å²) >= 11 is 0. The summed E-state index contributed by atoms with van der Waals surface area (Å²) in [6.45, 7) is 6.75. The SMILES string of the molecule is CCOC(=O)C(CC)N1CCOc2ccc(C(C)=O)cc21. The van der Waals surface area contributed by atoms with E-state index in [1.807, 2.05) is 11.8 Å². The lowest BCUT2D eigenvalue weighted by molar-refractivity contribution is -0.144. The van der Waals surface area contributed by atoms with E-state index in [0.29, 0.717) is 37.5 Å². The number of benzene rings is 1. The molecule has 114 valence electrons. The van der Waals surface area contributed by atoms with Gasteiger partial charge in [0.25, 0.3) is 0 Å². The summed E-state index contributed by atoms with van der Waals surface area (Å²) in [4.78, 5) is 25.7. The first-order chi connectivity index (χ1) is 10.1. The average molecular weight is 291 g/mol. The van der Waals surface area contributed by atoms with Crippen LogP contribution >= 0.6 is 0 Å². The number of ketones is 1. The van der Waals surface area contributed by atoms with Gasteiger partial charge < -0.3 is 14.4 Å². The van der Waals surface area contributed by atoms with Crippen molar-refractivity contribution < 1.29 is 19.1 Å².